The molecule has 4 nitrogen and oxygen atoms in total. The number of aromatic nitrogens is 1. The highest BCUT2D eigenvalue weighted by molar-refractivity contribution is 5.76. The molecule has 4 rings (SSSR count). The highest BCUT2D eigenvalue weighted by Gasteiger charge is 2.35. The molecule has 0 saturated carbocycles. The highest BCUT2D eigenvalue weighted by atomic mass is 16.3. The third kappa shape index (κ3) is 2.36. The molecule has 21 heavy (non-hydrogen) atoms. The quantitative estimate of drug-likeness (QED) is 0.921. The van der Waals surface area contributed by atoms with Gasteiger partial charge in [0.2, 0.25) is 5.89 Å². The number of aryl methyl sites for hydroxylation is 1. The van der Waals surface area contributed by atoms with Gasteiger partial charge in [-0.05, 0) is 63.9 Å². The fourth-order valence-corrected chi connectivity index (χ4v) is 3.88. The number of rotatable bonds is 2. The summed E-state index contributed by atoms with van der Waals surface area (Å²) >= 11 is 0. The zero-order valence-electron chi connectivity index (χ0n) is 12.6. The normalized spacial score (nSPS) is 24.9. The van der Waals surface area contributed by atoms with Crippen molar-refractivity contribution in [1.82, 2.24) is 15.2 Å². The Morgan fingerprint density at radius 2 is 2.10 bits per heavy atom. The van der Waals surface area contributed by atoms with Crippen molar-refractivity contribution < 1.29 is 4.42 Å². The van der Waals surface area contributed by atoms with Crippen molar-refractivity contribution in [3.05, 3.63) is 29.7 Å². The van der Waals surface area contributed by atoms with Crippen molar-refractivity contribution in [2.75, 3.05) is 19.6 Å². The largest absolute Gasteiger partial charge is 0.439 e. The molecule has 2 aliphatic heterocycles. The number of benzene rings is 1. The summed E-state index contributed by atoms with van der Waals surface area (Å²) in [4.78, 5) is 7.46. The first-order valence-corrected chi connectivity index (χ1v) is 8.15. The number of oxazole rings is 1. The predicted octanol–water partition coefficient (Wildman–Crippen LogP) is 3.03. The Morgan fingerprint density at radius 3 is 2.90 bits per heavy atom. The second-order valence-electron chi connectivity index (χ2n) is 6.35. The van der Waals surface area contributed by atoms with E-state index >= 15 is 0 Å². The van der Waals surface area contributed by atoms with Crippen LogP contribution < -0.4 is 5.32 Å². The second-order valence-corrected chi connectivity index (χ2v) is 6.35. The molecule has 1 aromatic carbocycles. The van der Waals surface area contributed by atoms with Gasteiger partial charge in [0.05, 0.1) is 6.04 Å². The number of likely N-dealkylation sites (tertiary alicyclic amines) is 1. The lowest BCUT2D eigenvalue weighted by molar-refractivity contribution is 0.132. The maximum absolute atomic E-state index is 6.09. The first-order valence-electron chi connectivity index (χ1n) is 8.15. The molecule has 1 atom stereocenters. The SMILES string of the molecule is Cc1cccc2oc(C3CCCN3C3CCNCC3)nc12. The lowest BCUT2D eigenvalue weighted by Gasteiger charge is -2.34. The van der Waals surface area contributed by atoms with E-state index in [0.29, 0.717) is 12.1 Å². The van der Waals surface area contributed by atoms with Crippen LogP contribution in [0.3, 0.4) is 0 Å². The van der Waals surface area contributed by atoms with E-state index in [0.717, 1.165) is 30.1 Å². The van der Waals surface area contributed by atoms with Crippen molar-refractivity contribution >= 4 is 11.1 Å². The Hall–Kier alpha value is -1.39. The Labute approximate surface area is 125 Å². The third-order valence-electron chi connectivity index (χ3n) is 4.99. The lowest BCUT2D eigenvalue weighted by atomic mass is 10.0. The van der Waals surface area contributed by atoms with Crippen molar-refractivity contribution in [1.29, 1.82) is 0 Å². The molecule has 1 unspecified atom stereocenters. The van der Waals surface area contributed by atoms with Crippen LogP contribution in [0.15, 0.2) is 22.6 Å². The van der Waals surface area contributed by atoms with E-state index in [2.05, 4.69) is 23.2 Å². The zero-order chi connectivity index (χ0) is 14.2. The zero-order valence-corrected chi connectivity index (χ0v) is 12.6. The molecule has 1 N–H and O–H groups in total. The van der Waals surface area contributed by atoms with Gasteiger partial charge in [0.25, 0.3) is 0 Å². The van der Waals surface area contributed by atoms with Crippen LogP contribution in [-0.2, 0) is 0 Å². The monoisotopic (exact) mass is 285 g/mol. The number of hydrogen-bond acceptors (Lipinski definition) is 4. The fraction of sp³-hybridized carbons (Fsp3) is 0.588. The van der Waals surface area contributed by atoms with Crippen molar-refractivity contribution in [3.63, 3.8) is 0 Å². The second kappa shape index (κ2) is 5.43. The number of para-hydroxylation sites is 1. The summed E-state index contributed by atoms with van der Waals surface area (Å²) in [6.07, 6.45) is 4.92. The molecule has 2 aromatic rings. The third-order valence-corrected chi connectivity index (χ3v) is 4.99. The van der Waals surface area contributed by atoms with Crippen LogP contribution in [-0.4, -0.2) is 35.6 Å². The van der Waals surface area contributed by atoms with Gasteiger partial charge in [-0.2, -0.15) is 0 Å². The molecule has 0 amide bonds. The number of nitrogens with one attached hydrogen (secondary N) is 1. The first-order chi connectivity index (χ1) is 10.3. The van der Waals surface area contributed by atoms with Crippen LogP contribution in [0.4, 0.5) is 0 Å². The fourth-order valence-electron chi connectivity index (χ4n) is 3.88. The average Bonchev–Trinajstić information content (AvgIpc) is 3.15. The molecule has 4 heteroatoms. The van der Waals surface area contributed by atoms with E-state index in [-0.39, 0.29) is 0 Å². The van der Waals surface area contributed by atoms with Crippen LogP contribution in [0, 0.1) is 6.92 Å². The van der Waals surface area contributed by atoms with Gasteiger partial charge in [0, 0.05) is 6.04 Å². The van der Waals surface area contributed by atoms with E-state index in [1.807, 2.05) is 12.1 Å². The maximum Gasteiger partial charge on any atom is 0.212 e. The van der Waals surface area contributed by atoms with Gasteiger partial charge in [-0.25, -0.2) is 4.98 Å². The molecule has 1 aromatic heterocycles. The van der Waals surface area contributed by atoms with Crippen molar-refractivity contribution in [3.8, 4) is 0 Å². The minimum Gasteiger partial charge on any atom is -0.439 e. The van der Waals surface area contributed by atoms with Crippen molar-refractivity contribution in [2.45, 2.75) is 44.7 Å². The maximum atomic E-state index is 6.09. The van der Waals surface area contributed by atoms with Crippen molar-refractivity contribution in [2.24, 2.45) is 0 Å². The number of nitrogens with zero attached hydrogens (tertiary/aromatic N) is 2. The summed E-state index contributed by atoms with van der Waals surface area (Å²) in [6, 6.07) is 7.25. The summed E-state index contributed by atoms with van der Waals surface area (Å²) in [5.74, 6) is 0.926. The minimum absolute atomic E-state index is 0.375. The van der Waals surface area contributed by atoms with E-state index in [9.17, 15) is 0 Å². The van der Waals surface area contributed by atoms with Crippen LogP contribution in [0.25, 0.3) is 11.1 Å². The topological polar surface area (TPSA) is 41.3 Å². The van der Waals surface area contributed by atoms with Gasteiger partial charge in [0.1, 0.15) is 5.52 Å². The van der Waals surface area contributed by atoms with E-state index < -0.39 is 0 Å². The van der Waals surface area contributed by atoms with Crippen LogP contribution in [0.2, 0.25) is 0 Å². The molecular formula is C17H23N3O. The smallest absolute Gasteiger partial charge is 0.212 e. The van der Waals surface area contributed by atoms with Gasteiger partial charge in [-0.1, -0.05) is 12.1 Å². The molecule has 0 aliphatic carbocycles. The molecule has 2 fully saturated rings. The molecule has 0 radical (unpaired) electrons. The molecule has 2 saturated heterocycles. The van der Waals surface area contributed by atoms with E-state index in [4.69, 9.17) is 9.40 Å². The minimum atomic E-state index is 0.375. The van der Waals surface area contributed by atoms with Crippen LogP contribution in [0.1, 0.15) is 43.2 Å². The van der Waals surface area contributed by atoms with Crippen LogP contribution >= 0.6 is 0 Å². The molecule has 112 valence electrons. The highest BCUT2D eigenvalue weighted by Crippen LogP contribution is 2.36. The average molecular weight is 285 g/mol. The first kappa shape index (κ1) is 13.3. The van der Waals surface area contributed by atoms with E-state index in [1.54, 1.807) is 0 Å². The Kier molecular flexibility index (Phi) is 3.43. The number of hydrogen-bond donors (Lipinski definition) is 1. The Bertz CT molecular complexity index is 630. The molecule has 0 bridgehead atoms. The molecule has 3 heterocycles. The number of piperidine rings is 1. The van der Waals surface area contributed by atoms with Gasteiger partial charge in [0.15, 0.2) is 5.58 Å². The Balaban J connectivity index is 1.64. The molecule has 2 aliphatic rings. The summed E-state index contributed by atoms with van der Waals surface area (Å²) < 4.78 is 6.09. The molecular weight excluding hydrogens is 262 g/mol. The Morgan fingerprint density at radius 1 is 1.24 bits per heavy atom. The standard InChI is InChI=1S/C17H23N3O/c1-12-4-2-6-15-16(12)19-17(21-15)14-5-3-11-20(14)13-7-9-18-10-8-13/h2,4,6,13-14,18H,3,5,7-11H2,1H3. The summed E-state index contributed by atoms with van der Waals surface area (Å²) in [5, 5.41) is 3.46. The van der Waals surface area contributed by atoms with Gasteiger partial charge < -0.3 is 9.73 Å². The van der Waals surface area contributed by atoms with E-state index in [1.165, 1.54) is 37.8 Å². The van der Waals surface area contributed by atoms with Gasteiger partial charge >= 0.3 is 0 Å². The lowest BCUT2D eigenvalue weighted by Crippen LogP contribution is -2.42. The van der Waals surface area contributed by atoms with Gasteiger partial charge in [-0.3, -0.25) is 4.90 Å². The summed E-state index contributed by atoms with van der Waals surface area (Å²) in [5.41, 5.74) is 3.17. The van der Waals surface area contributed by atoms with Crippen LogP contribution in [0.5, 0.6) is 0 Å². The summed E-state index contributed by atoms with van der Waals surface area (Å²) in [6.45, 7) is 5.57. The predicted molar refractivity (Wildman–Crippen MR) is 83.3 cm³/mol. The van der Waals surface area contributed by atoms with Gasteiger partial charge in [-0.15, -0.1) is 0 Å². The molecule has 0 spiro atoms. The summed E-state index contributed by atoms with van der Waals surface area (Å²) in [7, 11) is 0. The number of fused-ring (bicyclic) bond motifs is 1.